The van der Waals surface area contributed by atoms with Crippen LogP contribution in [0.3, 0.4) is 0 Å². The van der Waals surface area contributed by atoms with E-state index in [1.165, 1.54) is 0 Å². The van der Waals surface area contributed by atoms with E-state index in [0.29, 0.717) is 5.91 Å². The topological polar surface area (TPSA) is 96.0 Å². The van der Waals surface area contributed by atoms with Gasteiger partial charge in [0.05, 0.1) is 40.5 Å². The van der Waals surface area contributed by atoms with Gasteiger partial charge in [0.25, 0.3) is 0 Å². The van der Waals surface area contributed by atoms with E-state index >= 15 is 0 Å². The van der Waals surface area contributed by atoms with Crippen LogP contribution in [0.5, 0.6) is 0 Å². The largest absolute Gasteiger partial charge is 0.726 e. The minimum atomic E-state index is -4.41. The number of likely N-dealkylation sites (tertiary alicyclic amines) is 1. The van der Waals surface area contributed by atoms with Crippen LogP contribution in [0.25, 0.3) is 0 Å². The number of morpholine rings is 1. The highest BCUT2D eigenvalue weighted by molar-refractivity contribution is 7.80. The Hall–Kier alpha value is -0.740. The molecule has 1 amide bonds. The minimum absolute atomic E-state index is 0.342. The smallest absolute Gasteiger partial charge is 0.222 e. The molecule has 2 saturated heterocycles. The zero-order valence-electron chi connectivity index (χ0n) is 12.6. The summed E-state index contributed by atoms with van der Waals surface area (Å²) >= 11 is 0. The fourth-order valence-corrected chi connectivity index (χ4v) is 2.31. The third-order valence-corrected chi connectivity index (χ3v) is 4.24. The summed E-state index contributed by atoms with van der Waals surface area (Å²) in [5.74, 6) is 0.342. The summed E-state index contributed by atoms with van der Waals surface area (Å²) in [7, 11) is -1.34. The van der Waals surface area contributed by atoms with Crippen LogP contribution < -0.4 is 0 Å². The summed E-state index contributed by atoms with van der Waals surface area (Å²) in [4.78, 5) is 13.5. The summed E-state index contributed by atoms with van der Waals surface area (Å²) in [5.41, 5.74) is 0. The molecule has 9 heteroatoms. The van der Waals surface area contributed by atoms with Gasteiger partial charge in [0, 0.05) is 13.0 Å². The molecule has 0 radical (unpaired) electrons. The molecule has 0 aliphatic carbocycles. The van der Waals surface area contributed by atoms with Gasteiger partial charge >= 0.3 is 0 Å². The highest BCUT2D eigenvalue weighted by Gasteiger charge is 2.28. The molecule has 21 heavy (non-hydrogen) atoms. The summed E-state index contributed by atoms with van der Waals surface area (Å²) in [6, 6.07) is 0. The van der Waals surface area contributed by atoms with E-state index < -0.39 is 10.4 Å². The first kappa shape index (κ1) is 18.3. The second-order valence-electron chi connectivity index (χ2n) is 5.46. The highest BCUT2D eigenvalue weighted by Crippen LogP contribution is 2.12. The first-order valence-electron chi connectivity index (χ1n) is 6.96. The van der Waals surface area contributed by atoms with Crippen LogP contribution in [0.15, 0.2) is 0 Å². The minimum Gasteiger partial charge on any atom is -0.726 e. The van der Waals surface area contributed by atoms with Crippen molar-refractivity contribution in [1.29, 1.82) is 0 Å². The number of hydrogen-bond donors (Lipinski definition) is 0. The van der Waals surface area contributed by atoms with Gasteiger partial charge in [-0.1, -0.05) is 0 Å². The number of carbonyl (C=O) groups is 1. The molecular weight excluding hydrogens is 300 g/mol. The van der Waals surface area contributed by atoms with Gasteiger partial charge in [-0.05, 0) is 6.42 Å². The number of likely N-dealkylation sites (N-methyl/N-ethyl adjacent to an activating group) is 1. The molecule has 0 atom stereocenters. The third kappa shape index (κ3) is 7.18. The lowest BCUT2D eigenvalue weighted by Gasteiger charge is -2.38. The zero-order valence-corrected chi connectivity index (χ0v) is 13.4. The van der Waals surface area contributed by atoms with Crippen molar-refractivity contribution in [3.05, 3.63) is 0 Å². The van der Waals surface area contributed by atoms with E-state index in [1.54, 1.807) is 0 Å². The van der Waals surface area contributed by atoms with Crippen LogP contribution in [0.4, 0.5) is 0 Å². The van der Waals surface area contributed by atoms with Crippen LogP contribution in [0, 0.1) is 0 Å². The first-order valence-corrected chi connectivity index (χ1v) is 8.30. The average Bonchev–Trinajstić information content (AvgIpc) is 2.83. The van der Waals surface area contributed by atoms with E-state index in [-0.39, 0.29) is 0 Å². The van der Waals surface area contributed by atoms with Gasteiger partial charge in [0.2, 0.25) is 16.3 Å². The molecule has 0 spiro atoms. The standard InChI is InChI=1S/C11H21N2O2.CH4O4S/c1-13(7-9-15-10-8-13)6-5-12-4-2-3-11(12)14;1-5-6(2,3)4/h2-10H2,1H3;1H3,(H,2,3,4)/q+1;/p-1. The van der Waals surface area contributed by atoms with E-state index in [1.807, 2.05) is 4.90 Å². The third-order valence-electron chi connectivity index (χ3n) is 3.84. The second kappa shape index (κ2) is 8.04. The number of carbonyl (C=O) groups excluding carboxylic acids is 1. The number of quaternary nitrogens is 1. The fraction of sp³-hybridized carbons (Fsp3) is 0.917. The van der Waals surface area contributed by atoms with E-state index in [2.05, 4.69) is 11.2 Å². The van der Waals surface area contributed by atoms with Gasteiger partial charge in [0.15, 0.2) is 0 Å². The molecule has 0 saturated carbocycles. The molecule has 124 valence electrons. The van der Waals surface area contributed by atoms with Crippen molar-refractivity contribution in [3.8, 4) is 0 Å². The first-order chi connectivity index (χ1) is 9.76. The van der Waals surface area contributed by atoms with Crippen molar-refractivity contribution in [3.63, 3.8) is 0 Å². The van der Waals surface area contributed by atoms with E-state index in [4.69, 9.17) is 4.74 Å². The Morgan fingerprint density at radius 3 is 2.38 bits per heavy atom. The SMILES string of the molecule is COS(=O)(=O)[O-].C[N+]1(CCN2CCCC2=O)CCOCC1. The van der Waals surface area contributed by atoms with Gasteiger partial charge < -0.3 is 18.7 Å². The lowest BCUT2D eigenvalue weighted by Crippen LogP contribution is -2.54. The lowest BCUT2D eigenvalue weighted by atomic mass is 10.3. The average molecular weight is 324 g/mol. The Morgan fingerprint density at radius 1 is 1.38 bits per heavy atom. The summed E-state index contributed by atoms with van der Waals surface area (Å²) in [6.45, 7) is 6.87. The predicted octanol–water partition coefficient (Wildman–Crippen LogP) is -0.821. The molecule has 0 aromatic heterocycles. The predicted molar refractivity (Wildman–Crippen MR) is 74.1 cm³/mol. The van der Waals surface area contributed by atoms with Gasteiger partial charge in [0.1, 0.15) is 13.1 Å². The number of rotatable bonds is 4. The summed E-state index contributed by atoms with van der Waals surface area (Å²) < 4.78 is 37.4. The van der Waals surface area contributed by atoms with Crippen molar-refractivity contribution < 1.29 is 31.2 Å². The Kier molecular flexibility index (Phi) is 7.01. The maximum atomic E-state index is 11.4. The van der Waals surface area contributed by atoms with Gasteiger partial charge in [-0.2, -0.15) is 0 Å². The van der Waals surface area contributed by atoms with Crippen molar-refractivity contribution in [2.24, 2.45) is 0 Å². The van der Waals surface area contributed by atoms with Crippen molar-refractivity contribution in [2.75, 3.05) is 60.1 Å². The van der Waals surface area contributed by atoms with Crippen molar-refractivity contribution in [2.45, 2.75) is 12.8 Å². The molecule has 2 aliphatic heterocycles. The fourth-order valence-electron chi connectivity index (χ4n) is 2.31. The van der Waals surface area contributed by atoms with Crippen molar-refractivity contribution in [1.82, 2.24) is 4.90 Å². The summed E-state index contributed by atoms with van der Waals surface area (Å²) in [5, 5.41) is 0. The molecule has 2 fully saturated rings. The molecule has 0 bridgehead atoms. The quantitative estimate of drug-likeness (QED) is 0.381. The normalized spacial score (nSPS) is 21.9. The maximum Gasteiger partial charge on any atom is 0.222 e. The van der Waals surface area contributed by atoms with E-state index in [0.717, 1.165) is 70.4 Å². The molecule has 0 N–H and O–H groups in total. The molecule has 2 aliphatic rings. The molecule has 0 aromatic rings. The highest BCUT2D eigenvalue weighted by atomic mass is 32.3. The number of amides is 1. The Bertz CT molecular complexity index is 433. The van der Waals surface area contributed by atoms with Crippen LogP contribution in [-0.2, 0) is 24.1 Å². The monoisotopic (exact) mass is 324 g/mol. The zero-order chi connectivity index (χ0) is 15.9. The number of ether oxygens (including phenoxy) is 1. The van der Waals surface area contributed by atoms with Crippen LogP contribution in [0.2, 0.25) is 0 Å². The van der Waals surface area contributed by atoms with Crippen LogP contribution in [0.1, 0.15) is 12.8 Å². The summed E-state index contributed by atoms with van der Waals surface area (Å²) in [6.07, 6.45) is 1.80. The number of nitrogens with zero attached hydrogens (tertiary/aromatic N) is 2. The van der Waals surface area contributed by atoms with Crippen molar-refractivity contribution >= 4 is 16.3 Å². The molecule has 8 nitrogen and oxygen atoms in total. The Morgan fingerprint density at radius 2 is 1.95 bits per heavy atom. The van der Waals surface area contributed by atoms with E-state index in [9.17, 15) is 17.8 Å². The molecule has 2 rings (SSSR count). The maximum absolute atomic E-state index is 11.4. The Balaban J connectivity index is 0.000000315. The van der Waals surface area contributed by atoms with Gasteiger partial charge in [-0.15, -0.1) is 0 Å². The Labute approximate surface area is 126 Å². The number of hydrogen-bond acceptors (Lipinski definition) is 6. The molecular formula is C12H24N2O6S. The molecule has 0 aromatic carbocycles. The molecule has 0 unspecified atom stereocenters. The molecule has 2 heterocycles. The van der Waals surface area contributed by atoms with Crippen LogP contribution in [-0.4, -0.2) is 88.4 Å². The van der Waals surface area contributed by atoms with Gasteiger partial charge in [-0.3, -0.25) is 8.98 Å². The van der Waals surface area contributed by atoms with Gasteiger partial charge in [-0.25, -0.2) is 8.42 Å². The van der Waals surface area contributed by atoms with Crippen LogP contribution >= 0.6 is 0 Å². The lowest BCUT2D eigenvalue weighted by molar-refractivity contribution is -0.916. The second-order valence-corrected chi connectivity index (χ2v) is 6.61.